The number of benzene rings is 2. The van der Waals surface area contributed by atoms with E-state index >= 15 is 0 Å². The van der Waals surface area contributed by atoms with Crippen molar-refractivity contribution in [2.45, 2.75) is 0 Å². The lowest BCUT2D eigenvalue weighted by Gasteiger charge is -2.07. The number of non-ortho nitro benzene ring substituents is 1. The van der Waals surface area contributed by atoms with Crippen molar-refractivity contribution < 1.29 is 14.5 Å². The fourth-order valence-corrected chi connectivity index (χ4v) is 1.89. The van der Waals surface area contributed by atoms with Gasteiger partial charge in [0.15, 0.2) is 0 Å². The summed E-state index contributed by atoms with van der Waals surface area (Å²) < 4.78 is 0. The van der Waals surface area contributed by atoms with Crippen LogP contribution in [-0.2, 0) is 4.79 Å². The molecule has 0 unspecified atom stereocenters. The Balaban J connectivity index is 1.90. The third-order valence-corrected chi connectivity index (χ3v) is 3.06. The molecular formula is C17H13N3O4. The van der Waals surface area contributed by atoms with Crippen molar-refractivity contribution in [1.29, 1.82) is 0 Å². The minimum atomic E-state index is -0.556. The molecular weight excluding hydrogens is 310 g/mol. The van der Waals surface area contributed by atoms with Gasteiger partial charge in [0, 0.05) is 28.9 Å². The second-order valence-electron chi connectivity index (χ2n) is 4.76. The molecule has 7 heteroatoms. The first-order valence-corrected chi connectivity index (χ1v) is 6.89. The largest absolute Gasteiger partial charge is 0.343 e. The summed E-state index contributed by atoms with van der Waals surface area (Å²) in [6.45, 7) is -0.240. The smallest absolute Gasteiger partial charge is 0.269 e. The number of carbonyl (C=O) groups is 2. The maximum atomic E-state index is 11.9. The number of nitrogens with one attached hydrogen (secondary N) is 2. The summed E-state index contributed by atoms with van der Waals surface area (Å²) in [4.78, 5) is 33.7. The van der Waals surface area contributed by atoms with Crippen LogP contribution in [0.4, 0.5) is 11.4 Å². The second-order valence-corrected chi connectivity index (χ2v) is 4.76. The number of anilines is 1. The Labute approximate surface area is 137 Å². The minimum Gasteiger partial charge on any atom is -0.343 e. The molecule has 0 aliphatic heterocycles. The Kier molecular flexibility index (Phi) is 5.26. The second kappa shape index (κ2) is 7.56. The van der Waals surface area contributed by atoms with Crippen LogP contribution in [0.3, 0.4) is 0 Å². The Morgan fingerprint density at radius 1 is 1.17 bits per heavy atom. The zero-order chi connectivity index (χ0) is 17.5. The van der Waals surface area contributed by atoms with Gasteiger partial charge in [0.1, 0.15) is 0 Å². The van der Waals surface area contributed by atoms with Crippen LogP contribution in [0.25, 0.3) is 0 Å². The normalized spacial score (nSPS) is 9.62. The van der Waals surface area contributed by atoms with Gasteiger partial charge in [-0.1, -0.05) is 12.0 Å². The van der Waals surface area contributed by atoms with Crippen molar-refractivity contribution in [1.82, 2.24) is 5.32 Å². The van der Waals surface area contributed by atoms with E-state index < -0.39 is 16.7 Å². The van der Waals surface area contributed by atoms with E-state index in [2.05, 4.69) is 16.6 Å². The predicted octanol–water partition coefficient (Wildman–Crippen LogP) is 1.94. The highest BCUT2D eigenvalue weighted by molar-refractivity contribution is 5.99. The van der Waals surface area contributed by atoms with Gasteiger partial charge < -0.3 is 10.6 Å². The van der Waals surface area contributed by atoms with Crippen molar-refractivity contribution >= 4 is 23.2 Å². The average molecular weight is 323 g/mol. The van der Waals surface area contributed by atoms with E-state index in [1.165, 1.54) is 24.3 Å². The van der Waals surface area contributed by atoms with Gasteiger partial charge in [0.25, 0.3) is 11.6 Å². The molecule has 7 nitrogen and oxygen atoms in total. The van der Waals surface area contributed by atoms with E-state index in [4.69, 9.17) is 6.42 Å². The molecule has 0 aliphatic carbocycles. The fourth-order valence-electron chi connectivity index (χ4n) is 1.89. The van der Waals surface area contributed by atoms with Gasteiger partial charge in [-0.3, -0.25) is 19.7 Å². The molecule has 2 aromatic rings. The molecule has 0 saturated heterocycles. The molecule has 0 bridgehead atoms. The number of nitrogens with zero attached hydrogens (tertiary/aromatic N) is 1. The van der Waals surface area contributed by atoms with E-state index in [9.17, 15) is 19.7 Å². The molecule has 0 aliphatic rings. The molecule has 120 valence electrons. The van der Waals surface area contributed by atoms with Crippen LogP contribution in [0.15, 0.2) is 48.5 Å². The third kappa shape index (κ3) is 4.42. The summed E-state index contributed by atoms with van der Waals surface area (Å²) in [5.41, 5.74) is 1.27. The first-order valence-electron chi connectivity index (χ1n) is 6.89. The molecule has 2 amide bonds. The van der Waals surface area contributed by atoms with Crippen LogP contribution < -0.4 is 10.6 Å². The lowest BCUT2D eigenvalue weighted by Crippen LogP contribution is -2.32. The third-order valence-electron chi connectivity index (χ3n) is 3.06. The molecule has 0 heterocycles. The van der Waals surface area contributed by atoms with Crippen molar-refractivity contribution in [2.75, 3.05) is 11.9 Å². The minimum absolute atomic E-state index is 0.113. The van der Waals surface area contributed by atoms with Crippen LogP contribution in [-0.4, -0.2) is 23.3 Å². The zero-order valence-corrected chi connectivity index (χ0v) is 12.5. The van der Waals surface area contributed by atoms with Crippen LogP contribution in [0, 0.1) is 22.5 Å². The number of hydrogen-bond acceptors (Lipinski definition) is 4. The molecule has 2 N–H and O–H groups in total. The number of nitro benzene ring substituents is 1. The molecule has 0 radical (unpaired) electrons. The van der Waals surface area contributed by atoms with E-state index in [0.29, 0.717) is 11.3 Å². The average Bonchev–Trinajstić information content (AvgIpc) is 2.60. The summed E-state index contributed by atoms with van der Waals surface area (Å²) in [6.07, 6.45) is 5.28. The number of terminal acetylenes is 1. The van der Waals surface area contributed by atoms with Gasteiger partial charge >= 0.3 is 0 Å². The summed E-state index contributed by atoms with van der Waals surface area (Å²) in [5.74, 6) is 1.54. The van der Waals surface area contributed by atoms with E-state index in [-0.39, 0.29) is 17.8 Å². The number of nitro groups is 1. The number of rotatable bonds is 5. The van der Waals surface area contributed by atoms with Gasteiger partial charge in [0.2, 0.25) is 5.91 Å². The van der Waals surface area contributed by atoms with Gasteiger partial charge in [-0.15, -0.1) is 6.42 Å². The van der Waals surface area contributed by atoms with Crippen LogP contribution in [0.2, 0.25) is 0 Å². The van der Waals surface area contributed by atoms with E-state index in [1.807, 2.05) is 0 Å². The standard InChI is InChI=1S/C17H13N3O4/c1-2-12-4-3-5-14(10-12)19-16(21)11-18-17(22)13-6-8-15(9-7-13)20(23)24/h1,3-10H,11H2,(H,18,22)(H,19,21). The number of hydrogen-bond donors (Lipinski definition) is 2. The van der Waals surface area contributed by atoms with E-state index in [1.54, 1.807) is 24.3 Å². The molecule has 0 aromatic heterocycles. The first kappa shape index (κ1) is 16.7. The van der Waals surface area contributed by atoms with Crippen molar-refractivity contribution in [2.24, 2.45) is 0 Å². The van der Waals surface area contributed by atoms with Crippen molar-refractivity contribution in [3.8, 4) is 12.3 Å². The molecule has 24 heavy (non-hydrogen) atoms. The Bertz CT molecular complexity index is 822. The molecule has 2 rings (SSSR count). The summed E-state index contributed by atoms with van der Waals surface area (Å²) >= 11 is 0. The van der Waals surface area contributed by atoms with E-state index in [0.717, 1.165) is 0 Å². The molecule has 0 saturated carbocycles. The first-order chi connectivity index (χ1) is 11.5. The van der Waals surface area contributed by atoms with Gasteiger partial charge in [-0.05, 0) is 30.3 Å². The van der Waals surface area contributed by atoms with Crippen LogP contribution in [0.5, 0.6) is 0 Å². The Hall–Kier alpha value is -3.66. The number of amides is 2. The zero-order valence-electron chi connectivity index (χ0n) is 12.5. The topological polar surface area (TPSA) is 101 Å². The molecule has 0 fully saturated rings. The maximum Gasteiger partial charge on any atom is 0.269 e. The lowest BCUT2D eigenvalue weighted by atomic mass is 10.2. The maximum absolute atomic E-state index is 11.9. The lowest BCUT2D eigenvalue weighted by molar-refractivity contribution is -0.384. The molecule has 2 aromatic carbocycles. The fraction of sp³-hybridized carbons (Fsp3) is 0.0588. The Morgan fingerprint density at radius 3 is 2.50 bits per heavy atom. The monoisotopic (exact) mass is 323 g/mol. The Morgan fingerprint density at radius 2 is 1.88 bits per heavy atom. The predicted molar refractivity (Wildman–Crippen MR) is 88.4 cm³/mol. The van der Waals surface area contributed by atoms with Crippen LogP contribution in [0.1, 0.15) is 15.9 Å². The summed E-state index contributed by atoms with van der Waals surface area (Å²) in [7, 11) is 0. The highest BCUT2D eigenvalue weighted by Gasteiger charge is 2.11. The van der Waals surface area contributed by atoms with Crippen LogP contribution >= 0.6 is 0 Å². The summed E-state index contributed by atoms with van der Waals surface area (Å²) in [6, 6.07) is 11.8. The SMILES string of the molecule is C#Cc1cccc(NC(=O)CNC(=O)c2ccc([N+](=O)[O-])cc2)c1. The molecule has 0 atom stereocenters. The van der Waals surface area contributed by atoms with Crippen molar-refractivity contribution in [3.63, 3.8) is 0 Å². The van der Waals surface area contributed by atoms with Crippen molar-refractivity contribution in [3.05, 3.63) is 69.8 Å². The quantitative estimate of drug-likeness (QED) is 0.499. The van der Waals surface area contributed by atoms with Gasteiger partial charge in [-0.2, -0.15) is 0 Å². The van der Waals surface area contributed by atoms with Gasteiger partial charge in [-0.25, -0.2) is 0 Å². The molecule has 0 spiro atoms. The summed E-state index contributed by atoms with van der Waals surface area (Å²) in [5, 5.41) is 15.6. The number of carbonyl (C=O) groups excluding carboxylic acids is 2. The highest BCUT2D eigenvalue weighted by Crippen LogP contribution is 2.12. The highest BCUT2D eigenvalue weighted by atomic mass is 16.6. The van der Waals surface area contributed by atoms with Gasteiger partial charge in [0.05, 0.1) is 11.5 Å².